The molecular formula is C23H28ClN3O4. The number of aryl methyl sites for hydroxylation is 1. The molecule has 0 spiro atoms. The molecular weight excluding hydrogens is 418 g/mol. The lowest BCUT2D eigenvalue weighted by molar-refractivity contribution is 0.0663. The fourth-order valence-electron chi connectivity index (χ4n) is 3.28. The van der Waals surface area contributed by atoms with Gasteiger partial charge in [-0.3, -0.25) is 4.79 Å². The summed E-state index contributed by atoms with van der Waals surface area (Å²) in [6.07, 6.45) is 0. The predicted molar refractivity (Wildman–Crippen MR) is 121 cm³/mol. The number of ether oxygens (including phenoxy) is 2. The van der Waals surface area contributed by atoms with Crippen LogP contribution in [0.3, 0.4) is 0 Å². The first-order valence-corrected chi connectivity index (χ1v) is 10.8. The summed E-state index contributed by atoms with van der Waals surface area (Å²) in [5, 5.41) is 3.47. The second-order valence-corrected chi connectivity index (χ2v) is 7.62. The summed E-state index contributed by atoms with van der Waals surface area (Å²) in [6, 6.07) is 12.4. The molecule has 0 bridgehead atoms. The molecule has 1 heterocycles. The average Bonchev–Trinajstić information content (AvgIpc) is 2.79. The monoisotopic (exact) mass is 445 g/mol. The van der Waals surface area contributed by atoms with Gasteiger partial charge in [-0.25, -0.2) is 4.79 Å². The van der Waals surface area contributed by atoms with E-state index < -0.39 is 0 Å². The summed E-state index contributed by atoms with van der Waals surface area (Å²) in [4.78, 5) is 29.0. The predicted octanol–water partition coefficient (Wildman–Crippen LogP) is 4.05. The topological polar surface area (TPSA) is 71.1 Å². The lowest BCUT2D eigenvalue weighted by Crippen LogP contribution is -2.51. The molecule has 31 heavy (non-hydrogen) atoms. The lowest BCUT2D eigenvalue weighted by Gasteiger charge is -2.35. The molecule has 3 amide bonds. The number of para-hydroxylation sites is 1. The van der Waals surface area contributed by atoms with Gasteiger partial charge in [0.05, 0.1) is 12.2 Å². The van der Waals surface area contributed by atoms with E-state index in [0.717, 1.165) is 5.56 Å². The molecule has 1 N–H and O–H groups in total. The van der Waals surface area contributed by atoms with Gasteiger partial charge in [0.1, 0.15) is 12.4 Å². The first-order chi connectivity index (χ1) is 15.0. The van der Waals surface area contributed by atoms with Crippen LogP contribution < -0.4 is 10.1 Å². The van der Waals surface area contributed by atoms with Crippen molar-refractivity contribution in [2.45, 2.75) is 13.8 Å². The van der Waals surface area contributed by atoms with Crippen molar-refractivity contribution in [2.24, 2.45) is 0 Å². The van der Waals surface area contributed by atoms with Crippen molar-refractivity contribution in [3.8, 4) is 5.75 Å². The molecule has 7 nitrogen and oxygen atoms in total. The Bertz CT molecular complexity index is 913. The number of hydrogen-bond donors (Lipinski definition) is 1. The molecule has 0 radical (unpaired) electrons. The number of rotatable bonds is 7. The van der Waals surface area contributed by atoms with Crippen molar-refractivity contribution in [2.75, 3.05) is 51.3 Å². The van der Waals surface area contributed by atoms with Crippen LogP contribution in [0.2, 0.25) is 5.02 Å². The molecule has 1 fully saturated rings. The number of halogens is 1. The minimum Gasteiger partial charge on any atom is -0.490 e. The number of anilines is 1. The Morgan fingerprint density at radius 3 is 2.45 bits per heavy atom. The first kappa shape index (κ1) is 22.9. The zero-order valence-corrected chi connectivity index (χ0v) is 18.7. The highest BCUT2D eigenvalue weighted by molar-refractivity contribution is 6.31. The van der Waals surface area contributed by atoms with Gasteiger partial charge in [-0.15, -0.1) is 0 Å². The number of amides is 3. The first-order valence-electron chi connectivity index (χ1n) is 10.4. The Labute approximate surface area is 187 Å². The molecule has 8 heteroatoms. The van der Waals surface area contributed by atoms with E-state index in [4.69, 9.17) is 21.1 Å². The Morgan fingerprint density at radius 2 is 1.74 bits per heavy atom. The molecule has 0 saturated carbocycles. The van der Waals surface area contributed by atoms with Gasteiger partial charge in [-0.1, -0.05) is 29.8 Å². The number of urea groups is 1. The van der Waals surface area contributed by atoms with Crippen LogP contribution in [0.15, 0.2) is 42.5 Å². The highest BCUT2D eigenvalue weighted by Crippen LogP contribution is 2.22. The van der Waals surface area contributed by atoms with Crippen LogP contribution in [0, 0.1) is 6.92 Å². The number of benzene rings is 2. The quantitative estimate of drug-likeness (QED) is 0.652. The fourth-order valence-corrected chi connectivity index (χ4v) is 3.46. The van der Waals surface area contributed by atoms with Gasteiger partial charge >= 0.3 is 6.03 Å². The summed E-state index contributed by atoms with van der Waals surface area (Å²) in [5.41, 5.74) is 2.12. The summed E-state index contributed by atoms with van der Waals surface area (Å²) >= 11 is 6.13. The minimum atomic E-state index is -0.202. The number of carbonyl (C=O) groups is 2. The number of nitrogens with one attached hydrogen (secondary N) is 1. The van der Waals surface area contributed by atoms with Gasteiger partial charge < -0.3 is 24.6 Å². The largest absolute Gasteiger partial charge is 0.490 e. The van der Waals surface area contributed by atoms with E-state index in [-0.39, 0.29) is 11.9 Å². The molecule has 0 unspecified atom stereocenters. The third-order valence-corrected chi connectivity index (χ3v) is 5.49. The van der Waals surface area contributed by atoms with Gasteiger partial charge in [0.15, 0.2) is 0 Å². The summed E-state index contributed by atoms with van der Waals surface area (Å²) in [5.74, 6) is 0.445. The molecule has 1 aliphatic heterocycles. The van der Waals surface area contributed by atoms with Crippen LogP contribution in [0.25, 0.3) is 0 Å². The zero-order chi connectivity index (χ0) is 22.2. The van der Waals surface area contributed by atoms with Crippen LogP contribution in [-0.4, -0.2) is 67.7 Å². The number of nitrogens with zero attached hydrogens (tertiary/aromatic N) is 2. The number of hydrogen-bond acceptors (Lipinski definition) is 4. The highest BCUT2D eigenvalue weighted by Gasteiger charge is 2.26. The van der Waals surface area contributed by atoms with Crippen molar-refractivity contribution in [1.29, 1.82) is 0 Å². The second-order valence-electron chi connectivity index (χ2n) is 7.21. The molecule has 2 aromatic rings. The maximum Gasteiger partial charge on any atom is 0.321 e. The molecule has 3 rings (SSSR count). The van der Waals surface area contributed by atoms with Gasteiger partial charge in [-0.2, -0.15) is 0 Å². The van der Waals surface area contributed by atoms with E-state index in [1.807, 2.05) is 38.1 Å². The molecule has 0 aliphatic carbocycles. The van der Waals surface area contributed by atoms with Gasteiger partial charge in [-0.05, 0) is 43.7 Å². The maximum absolute atomic E-state index is 13.0. The number of piperazine rings is 1. The molecule has 166 valence electrons. The van der Waals surface area contributed by atoms with Crippen molar-refractivity contribution >= 4 is 29.2 Å². The molecule has 1 aliphatic rings. The Kier molecular flexibility index (Phi) is 8.14. The van der Waals surface area contributed by atoms with Gasteiger partial charge in [0.2, 0.25) is 0 Å². The van der Waals surface area contributed by atoms with E-state index in [1.54, 1.807) is 28.0 Å². The third-order valence-electron chi connectivity index (χ3n) is 5.08. The third kappa shape index (κ3) is 6.12. The van der Waals surface area contributed by atoms with Crippen LogP contribution in [0.4, 0.5) is 10.5 Å². The van der Waals surface area contributed by atoms with E-state index >= 15 is 0 Å². The van der Waals surface area contributed by atoms with Crippen molar-refractivity contribution in [3.63, 3.8) is 0 Å². The zero-order valence-electron chi connectivity index (χ0n) is 17.9. The second kappa shape index (κ2) is 11.0. The van der Waals surface area contributed by atoms with E-state index in [2.05, 4.69) is 5.32 Å². The van der Waals surface area contributed by atoms with Crippen LogP contribution in [-0.2, 0) is 4.74 Å². The van der Waals surface area contributed by atoms with Gasteiger partial charge in [0, 0.05) is 43.5 Å². The van der Waals surface area contributed by atoms with E-state index in [1.165, 1.54) is 0 Å². The van der Waals surface area contributed by atoms with Crippen molar-refractivity contribution in [3.05, 3.63) is 58.6 Å². The van der Waals surface area contributed by atoms with Crippen LogP contribution in [0.5, 0.6) is 5.75 Å². The van der Waals surface area contributed by atoms with Crippen LogP contribution >= 0.6 is 11.6 Å². The van der Waals surface area contributed by atoms with E-state index in [0.29, 0.717) is 68.0 Å². The smallest absolute Gasteiger partial charge is 0.321 e. The van der Waals surface area contributed by atoms with Crippen LogP contribution in [0.1, 0.15) is 22.8 Å². The fraction of sp³-hybridized carbons (Fsp3) is 0.391. The maximum atomic E-state index is 13.0. The number of carbonyl (C=O) groups excluding carboxylic acids is 2. The highest BCUT2D eigenvalue weighted by atomic mass is 35.5. The molecule has 2 aromatic carbocycles. The normalized spacial score (nSPS) is 13.8. The Balaban J connectivity index is 1.55. The lowest BCUT2D eigenvalue weighted by atomic mass is 10.1. The van der Waals surface area contributed by atoms with Crippen molar-refractivity contribution in [1.82, 2.24) is 9.80 Å². The average molecular weight is 446 g/mol. The summed E-state index contributed by atoms with van der Waals surface area (Å²) < 4.78 is 11.0. The van der Waals surface area contributed by atoms with Crippen molar-refractivity contribution < 1.29 is 19.1 Å². The van der Waals surface area contributed by atoms with Gasteiger partial charge in [0.25, 0.3) is 5.91 Å². The molecule has 0 aromatic heterocycles. The summed E-state index contributed by atoms with van der Waals surface area (Å²) in [6.45, 7) is 7.12. The molecule has 1 saturated heterocycles. The molecule has 0 atom stereocenters. The van der Waals surface area contributed by atoms with E-state index in [9.17, 15) is 9.59 Å². The SMILES string of the molecule is CCOCCOc1ccccc1C(=O)N1CCN(C(=O)Nc2ccc(C)c(Cl)c2)CC1. The summed E-state index contributed by atoms with van der Waals surface area (Å²) in [7, 11) is 0. The standard InChI is InChI=1S/C23H28ClN3O4/c1-3-30-14-15-31-21-7-5-4-6-19(21)22(28)26-10-12-27(13-11-26)23(29)25-18-9-8-17(2)20(24)16-18/h4-9,16H,3,10-15H2,1-2H3,(H,25,29). The Hall–Kier alpha value is -2.77. The Morgan fingerprint density at radius 1 is 1.03 bits per heavy atom. The minimum absolute atomic E-state index is 0.0996.